The van der Waals surface area contributed by atoms with E-state index >= 15 is 0 Å². The smallest absolute Gasteiger partial charge is 0.231 e. The fraction of sp³-hybridized carbons (Fsp3) is 0.200. The second kappa shape index (κ2) is 6.33. The van der Waals surface area contributed by atoms with E-state index in [1.165, 1.54) is 11.8 Å². The van der Waals surface area contributed by atoms with Gasteiger partial charge in [-0.15, -0.1) is 10.2 Å². The van der Waals surface area contributed by atoms with Gasteiger partial charge in [0.15, 0.2) is 22.3 Å². The highest BCUT2D eigenvalue weighted by Crippen LogP contribution is 2.35. The average molecular weight is 384 g/mol. The highest BCUT2D eigenvalue weighted by atomic mass is 35.5. The molecule has 1 unspecified atom stereocenters. The third-order valence-electron chi connectivity index (χ3n) is 3.55. The van der Waals surface area contributed by atoms with Gasteiger partial charge in [0.2, 0.25) is 6.79 Å². The fourth-order valence-electron chi connectivity index (χ4n) is 2.37. The van der Waals surface area contributed by atoms with Crippen molar-refractivity contribution in [1.82, 2.24) is 14.6 Å². The predicted molar refractivity (Wildman–Crippen MR) is 91.3 cm³/mol. The number of aromatic nitrogens is 3. The molecular formula is C15H11Cl2N3O3S. The van der Waals surface area contributed by atoms with Crippen LogP contribution in [0.15, 0.2) is 35.6 Å². The molecule has 1 N–H and O–H groups in total. The number of ether oxygens (including phenoxy) is 2. The van der Waals surface area contributed by atoms with E-state index in [2.05, 4.69) is 10.2 Å². The van der Waals surface area contributed by atoms with Gasteiger partial charge in [0, 0.05) is 11.9 Å². The maximum absolute atomic E-state index is 10.4. The Morgan fingerprint density at radius 3 is 2.92 bits per heavy atom. The number of hydrogen-bond acceptors (Lipinski definition) is 6. The van der Waals surface area contributed by atoms with Crippen LogP contribution in [-0.2, 0) is 0 Å². The van der Waals surface area contributed by atoms with Crippen LogP contribution in [-0.4, -0.2) is 32.3 Å². The van der Waals surface area contributed by atoms with Gasteiger partial charge in [-0.05, 0) is 23.8 Å². The van der Waals surface area contributed by atoms with E-state index in [1.54, 1.807) is 28.8 Å². The molecule has 1 aromatic carbocycles. The van der Waals surface area contributed by atoms with Gasteiger partial charge in [0.05, 0.1) is 16.1 Å². The summed E-state index contributed by atoms with van der Waals surface area (Å²) in [5.74, 6) is 1.72. The van der Waals surface area contributed by atoms with Crippen LogP contribution in [0.2, 0.25) is 10.0 Å². The molecule has 0 fully saturated rings. The SMILES string of the molecule is OC(CSc1nnc2c(Cl)cc(Cl)cn12)c1ccc2c(c1)OCO2. The van der Waals surface area contributed by atoms with E-state index in [0.29, 0.717) is 38.1 Å². The van der Waals surface area contributed by atoms with Crippen molar-refractivity contribution >= 4 is 40.6 Å². The summed E-state index contributed by atoms with van der Waals surface area (Å²) < 4.78 is 12.3. The standard InChI is InChI=1S/C15H11Cl2N3O3S/c16-9-4-10(17)14-18-19-15(20(14)5-9)24-6-11(21)8-1-2-12-13(3-8)23-7-22-12/h1-5,11,21H,6-7H2. The van der Waals surface area contributed by atoms with Gasteiger partial charge >= 0.3 is 0 Å². The summed E-state index contributed by atoms with van der Waals surface area (Å²) in [5, 5.41) is 20.1. The Labute approximate surface area is 151 Å². The van der Waals surface area contributed by atoms with Crippen molar-refractivity contribution in [2.45, 2.75) is 11.3 Å². The predicted octanol–water partition coefficient (Wildman–Crippen LogP) is 3.59. The number of pyridine rings is 1. The molecule has 24 heavy (non-hydrogen) atoms. The summed E-state index contributed by atoms with van der Waals surface area (Å²) in [6.45, 7) is 0.205. The molecule has 3 aromatic rings. The van der Waals surface area contributed by atoms with E-state index in [-0.39, 0.29) is 6.79 Å². The molecular weight excluding hydrogens is 373 g/mol. The molecule has 0 aliphatic carbocycles. The van der Waals surface area contributed by atoms with Crippen molar-refractivity contribution in [3.05, 3.63) is 46.1 Å². The monoisotopic (exact) mass is 383 g/mol. The van der Waals surface area contributed by atoms with Crippen molar-refractivity contribution in [1.29, 1.82) is 0 Å². The molecule has 0 radical (unpaired) electrons. The molecule has 4 rings (SSSR count). The van der Waals surface area contributed by atoms with Gasteiger partial charge in [-0.1, -0.05) is 41.0 Å². The number of hydrogen-bond donors (Lipinski definition) is 1. The molecule has 0 saturated carbocycles. The summed E-state index contributed by atoms with van der Waals surface area (Å²) >= 11 is 13.5. The Kier molecular flexibility index (Phi) is 4.17. The first-order valence-corrected chi connectivity index (χ1v) is 8.76. The zero-order chi connectivity index (χ0) is 16.7. The molecule has 0 amide bonds. The minimum atomic E-state index is -0.688. The third kappa shape index (κ3) is 2.88. The second-order valence-corrected chi connectivity index (χ2v) is 6.95. The molecule has 1 aliphatic rings. The normalized spacial score (nSPS) is 14.3. The van der Waals surface area contributed by atoms with Crippen molar-refractivity contribution in [3.8, 4) is 11.5 Å². The van der Waals surface area contributed by atoms with Crippen molar-refractivity contribution in [2.75, 3.05) is 12.5 Å². The largest absolute Gasteiger partial charge is 0.454 e. The number of nitrogens with zero attached hydrogens (tertiary/aromatic N) is 3. The van der Waals surface area contributed by atoms with Crippen LogP contribution in [0.3, 0.4) is 0 Å². The van der Waals surface area contributed by atoms with Crippen LogP contribution in [0.5, 0.6) is 11.5 Å². The first-order chi connectivity index (χ1) is 11.6. The van der Waals surface area contributed by atoms with Crippen LogP contribution in [0.25, 0.3) is 5.65 Å². The Morgan fingerprint density at radius 2 is 2.04 bits per heavy atom. The molecule has 3 heterocycles. The molecule has 124 valence electrons. The molecule has 0 bridgehead atoms. The van der Waals surface area contributed by atoms with E-state index in [4.69, 9.17) is 32.7 Å². The van der Waals surface area contributed by atoms with E-state index in [0.717, 1.165) is 5.56 Å². The van der Waals surface area contributed by atoms with Crippen molar-refractivity contribution in [2.24, 2.45) is 0 Å². The number of aliphatic hydroxyl groups is 1. The lowest BCUT2D eigenvalue weighted by molar-refractivity contribution is 0.173. The van der Waals surface area contributed by atoms with E-state index in [9.17, 15) is 5.11 Å². The molecule has 9 heteroatoms. The maximum atomic E-state index is 10.4. The van der Waals surface area contributed by atoms with Gasteiger partial charge in [-0.3, -0.25) is 4.40 Å². The molecule has 1 aliphatic heterocycles. The van der Waals surface area contributed by atoms with E-state index in [1.807, 2.05) is 6.07 Å². The first-order valence-electron chi connectivity index (χ1n) is 7.02. The zero-order valence-electron chi connectivity index (χ0n) is 12.1. The summed E-state index contributed by atoms with van der Waals surface area (Å²) in [5.41, 5.74) is 1.28. The van der Waals surface area contributed by atoms with Gasteiger partial charge in [-0.2, -0.15) is 0 Å². The highest BCUT2D eigenvalue weighted by Gasteiger charge is 2.18. The zero-order valence-corrected chi connectivity index (χ0v) is 14.5. The number of halogens is 2. The van der Waals surface area contributed by atoms with Crippen LogP contribution in [0.4, 0.5) is 0 Å². The average Bonchev–Trinajstić information content (AvgIpc) is 3.18. The lowest BCUT2D eigenvalue weighted by Gasteiger charge is -2.10. The second-order valence-electron chi connectivity index (χ2n) is 5.12. The Bertz CT molecular complexity index is 918. The van der Waals surface area contributed by atoms with Gasteiger partial charge in [0.25, 0.3) is 0 Å². The van der Waals surface area contributed by atoms with Crippen molar-refractivity contribution in [3.63, 3.8) is 0 Å². The molecule has 6 nitrogen and oxygen atoms in total. The quantitative estimate of drug-likeness (QED) is 0.694. The lowest BCUT2D eigenvalue weighted by atomic mass is 10.1. The van der Waals surface area contributed by atoms with Crippen LogP contribution >= 0.6 is 35.0 Å². The molecule has 0 spiro atoms. The number of fused-ring (bicyclic) bond motifs is 2. The molecule has 1 atom stereocenters. The fourth-order valence-corrected chi connectivity index (χ4v) is 3.76. The first kappa shape index (κ1) is 15.8. The number of benzene rings is 1. The lowest BCUT2D eigenvalue weighted by Crippen LogP contribution is -2.01. The minimum Gasteiger partial charge on any atom is -0.454 e. The summed E-state index contributed by atoms with van der Waals surface area (Å²) in [4.78, 5) is 0. The number of rotatable bonds is 4. The maximum Gasteiger partial charge on any atom is 0.231 e. The minimum absolute atomic E-state index is 0.205. The van der Waals surface area contributed by atoms with Crippen LogP contribution in [0, 0.1) is 0 Å². The summed E-state index contributed by atoms with van der Waals surface area (Å²) in [6, 6.07) is 7.00. The van der Waals surface area contributed by atoms with Gasteiger partial charge in [0.1, 0.15) is 0 Å². The summed E-state index contributed by atoms with van der Waals surface area (Å²) in [7, 11) is 0. The van der Waals surface area contributed by atoms with Crippen molar-refractivity contribution < 1.29 is 14.6 Å². The summed E-state index contributed by atoms with van der Waals surface area (Å²) in [6.07, 6.45) is 1.00. The van der Waals surface area contributed by atoms with Gasteiger partial charge in [-0.25, -0.2) is 0 Å². The number of aliphatic hydroxyl groups excluding tert-OH is 1. The highest BCUT2D eigenvalue weighted by molar-refractivity contribution is 7.99. The Hall–Kier alpha value is -1.67. The number of thioether (sulfide) groups is 1. The topological polar surface area (TPSA) is 68.9 Å². The van der Waals surface area contributed by atoms with Crippen LogP contribution < -0.4 is 9.47 Å². The van der Waals surface area contributed by atoms with E-state index < -0.39 is 6.10 Å². The Balaban J connectivity index is 1.52. The Morgan fingerprint density at radius 1 is 1.21 bits per heavy atom. The molecule has 2 aromatic heterocycles. The molecule has 0 saturated heterocycles. The van der Waals surface area contributed by atoms with Crippen LogP contribution in [0.1, 0.15) is 11.7 Å². The third-order valence-corrected chi connectivity index (χ3v) is 5.05. The van der Waals surface area contributed by atoms with Gasteiger partial charge < -0.3 is 14.6 Å².